The number of nitrogens with one attached hydrogen (secondary N) is 3. The zero-order valence-corrected chi connectivity index (χ0v) is 26.0. The van der Waals surface area contributed by atoms with Gasteiger partial charge in [0.2, 0.25) is 5.95 Å². The molecule has 11 nitrogen and oxygen atoms in total. The molecule has 2 aliphatic heterocycles. The molecule has 1 atom stereocenters. The highest BCUT2D eigenvalue weighted by Gasteiger charge is 2.27. The maximum absolute atomic E-state index is 11.7. The summed E-state index contributed by atoms with van der Waals surface area (Å²) in [6.07, 6.45) is 6.78. The number of carbonyl (C=O) groups is 1. The summed E-state index contributed by atoms with van der Waals surface area (Å²) in [4.78, 5) is 25.0. The van der Waals surface area contributed by atoms with Gasteiger partial charge >= 0.3 is 5.97 Å². The number of para-hydroxylation sites is 2. The molecule has 43 heavy (non-hydrogen) atoms. The van der Waals surface area contributed by atoms with Crippen LogP contribution in [-0.2, 0) is 16.2 Å². The highest BCUT2D eigenvalue weighted by molar-refractivity contribution is 7.92. The van der Waals surface area contributed by atoms with Crippen LogP contribution >= 0.6 is 11.6 Å². The van der Waals surface area contributed by atoms with Crippen molar-refractivity contribution in [2.75, 3.05) is 66.3 Å². The van der Waals surface area contributed by atoms with Gasteiger partial charge in [0.15, 0.2) is 5.82 Å². The Labute approximate surface area is 260 Å². The first kappa shape index (κ1) is 31.0. The minimum absolute atomic E-state index is 0.185. The minimum atomic E-state index is -1.24. The molecule has 13 heteroatoms. The predicted molar refractivity (Wildman–Crippen MR) is 172 cm³/mol. The number of ether oxygens (including phenoxy) is 1. The average Bonchev–Trinajstić information content (AvgIpc) is 3.00. The van der Waals surface area contributed by atoms with E-state index in [1.165, 1.54) is 6.20 Å². The van der Waals surface area contributed by atoms with Gasteiger partial charge in [-0.2, -0.15) is 4.98 Å². The maximum atomic E-state index is 11.7. The van der Waals surface area contributed by atoms with Crippen LogP contribution in [0.4, 0.5) is 34.5 Å². The SMILES string of the molecule is COc1cc(N2CCC(CN3CCC(C(=O)O)CC3)CC2)ccc1Nc1ncc(Cl)c(Nc2ccccc2N[S+](C)[O-])n1. The summed E-state index contributed by atoms with van der Waals surface area (Å²) in [5.41, 5.74) is 3.16. The topological polar surface area (TPSA) is 138 Å². The van der Waals surface area contributed by atoms with Crippen molar-refractivity contribution in [1.82, 2.24) is 14.9 Å². The molecule has 2 saturated heterocycles. The van der Waals surface area contributed by atoms with Gasteiger partial charge in [0.1, 0.15) is 22.7 Å². The van der Waals surface area contributed by atoms with Gasteiger partial charge in [-0.3, -0.25) is 4.79 Å². The number of carboxylic acid groups (broad SMARTS) is 1. The van der Waals surface area contributed by atoms with Crippen LogP contribution in [0, 0.1) is 11.8 Å². The molecule has 1 unspecified atom stereocenters. The Hall–Kier alpha value is -3.45. The Morgan fingerprint density at radius 2 is 1.79 bits per heavy atom. The minimum Gasteiger partial charge on any atom is -0.593 e. The van der Waals surface area contributed by atoms with Crippen molar-refractivity contribution in [1.29, 1.82) is 0 Å². The van der Waals surface area contributed by atoms with Crippen molar-refractivity contribution in [2.45, 2.75) is 25.7 Å². The van der Waals surface area contributed by atoms with Crippen LogP contribution in [-0.4, -0.2) is 76.6 Å². The number of hydrogen-bond acceptors (Lipinski definition) is 10. The van der Waals surface area contributed by atoms with Gasteiger partial charge in [0.25, 0.3) is 0 Å². The molecule has 0 spiro atoms. The molecule has 0 aliphatic carbocycles. The number of piperidine rings is 2. The van der Waals surface area contributed by atoms with Crippen LogP contribution < -0.4 is 25.0 Å². The van der Waals surface area contributed by atoms with E-state index in [9.17, 15) is 14.5 Å². The largest absolute Gasteiger partial charge is 0.593 e. The first-order valence-corrected chi connectivity index (χ1v) is 16.4. The normalized spacial score (nSPS) is 17.3. The summed E-state index contributed by atoms with van der Waals surface area (Å²) in [7, 11) is 1.64. The lowest BCUT2D eigenvalue weighted by atomic mass is 9.92. The number of aliphatic carboxylic acids is 1. The molecule has 2 aliphatic rings. The molecular weight excluding hydrogens is 590 g/mol. The van der Waals surface area contributed by atoms with Gasteiger partial charge in [0.05, 0.1) is 42.0 Å². The molecule has 1 aromatic heterocycles. The van der Waals surface area contributed by atoms with E-state index in [-0.39, 0.29) is 5.92 Å². The second-order valence-electron chi connectivity index (χ2n) is 11.0. The molecule has 4 N–H and O–H groups in total. The number of methoxy groups -OCH3 is 1. The Morgan fingerprint density at radius 1 is 1.07 bits per heavy atom. The van der Waals surface area contributed by atoms with E-state index in [1.54, 1.807) is 13.4 Å². The van der Waals surface area contributed by atoms with E-state index in [0.717, 1.165) is 69.8 Å². The van der Waals surface area contributed by atoms with E-state index < -0.39 is 17.3 Å². The lowest BCUT2D eigenvalue weighted by Gasteiger charge is -2.38. The zero-order valence-electron chi connectivity index (χ0n) is 24.4. The first-order chi connectivity index (χ1) is 20.8. The summed E-state index contributed by atoms with van der Waals surface area (Å²) < 4.78 is 20.4. The second kappa shape index (κ2) is 14.3. The van der Waals surface area contributed by atoms with E-state index in [0.29, 0.717) is 39.8 Å². The fourth-order valence-electron chi connectivity index (χ4n) is 5.68. The van der Waals surface area contributed by atoms with Crippen molar-refractivity contribution in [3.63, 3.8) is 0 Å². The summed E-state index contributed by atoms with van der Waals surface area (Å²) in [5, 5.41) is 16.0. The van der Waals surface area contributed by atoms with E-state index in [1.807, 2.05) is 36.4 Å². The molecular formula is C30H38ClN7O4S. The van der Waals surface area contributed by atoms with Gasteiger partial charge < -0.3 is 34.8 Å². The van der Waals surface area contributed by atoms with Crippen LogP contribution in [0.15, 0.2) is 48.7 Å². The van der Waals surface area contributed by atoms with Crippen LogP contribution in [0.5, 0.6) is 5.75 Å². The quantitative estimate of drug-likeness (QED) is 0.205. The van der Waals surface area contributed by atoms with E-state index in [2.05, 4.69) is 41.2 Å². The van der Waals surface area contributed by atoms with Gasteiger partial charge in [0, 0.05) is 31.4 Å². The monoisotopic (exact) mass is 627 g/mol. The highest BCUT2D eigenvalue weighted by Crippen LogP contribution is 2.35. The Morgan fingerprint density at radius 3 is 2.47 bits per heavy atom. The number of aromatic nitrogens is 2. The lowest BCUT2D eigenvalue weighted by molar-refractivity contribution is -0.143. The van der Waals surface area contributed by atoms with Gasteiger partial charge in [-0.25, -0.2) is 9.71 Å². The van der Waals surface area contributed by atoms with Crippen LogP contribution in [0.1, 0.15) is 25.7 Å². The van der Waals surface area contributed by atoms with E-state index >= 15 is 0 Å². The standard InChI is InChI=1S/C30H38ClN7O4S/c1-42-27-17-22(38-15-9-20(10-16-38)19-37-13-11-21(12-14-37)29(39)40)7-8-26(27)34-30-32-18-23(31)28(35-30)33-24-5-3-4-6-25(24)36-43(2)41/h3-8,17-18,20-21,36H,9-16,19H2,1-2H3,(H,39,40)(H2,32,33,34,35). The number of nitrogens with zero attached hydrogens (tertiary/aromatic N) is 4. The van der Waals surface area contributed by atoms with E-state index in [4.69, 9.17) is 16.3 Å². The summed E-state index contributed by atoms with van der Waals surface area (Å²) in [6.45, 7) is 4.73. The van der Waals surface area contributed by atoms with Gasteiger partial charge in [-0.1, -0.05) is 23.7 Å². The van der Waals surface area contributed by atoms with Crippen molar-refractivity contribution in [3.05, 3.63) is 53.7 Å². The molecule has 0 saturated carbocycles. The third kappa shape index (κ3) is 8.14. The van der Waals surface area contributed by atoms with Crippen LogP contribution in [0.3, 0.4) is 0 Å². The molecule has 2 aromatic carbocycles. The number of anilines is 6. The Kier molecular flexibility index (Phi) is 10.3. The number of hydrogen-bond donors (Lipinski definition) is 4. The molecule has 5 rings (SSSR count). The number of benzene rings is 2. The molecule has 0 amide bonds. The summed E-state index contributed by atoms with van der Waals surface area (Å²) in [5.74, 6) is 1.20. The molecule has 3 heterocycles. The molecule has 230 valence electrons. The number of likely N-dealkylation sites (tertiary alicyclic amines) is 1. The molecule has 0 radical (unpaired) electrons. The summed E-state index contributed by atoms with van der Waals surface area (Å²) in [6, 6.07) is 13.4. The average molecular weight is 628 g/mol. The van der Waals surface area contributed by atoms with Crippen molar-refractivity contribution in [2.24, 2.45) is 11.8 Å². The van der Waals surface area contributed by atoms with Crippen LogP contribution in [0.2, 0.25) is 5.02 Å². The van der Waals surface area contributed by atoms with Crippen molar-refractivity contribution >= 4 is 63.4 Å². The number of carboxylic acids is 1. The number of halogens is 1. The molecule has 2 fully saturated rings. The fraction of sp³-hybridized carbons (Fsp3) is 0.433. The zero-order chi connectivity index (χ0) is 30.3. The predicted octanol–water partition coefficient (Wildman–Crippen LogP) is 5.34. The Bertz CT molecular complexity index is 1400. The van der Waals surface area contributed by atoms with Crippen LogP contribution in [0.25, 0.3) is 0 Å². The fourth-order valence-corrected chi connectivity index (χ4v) is 6.31. The molecule has 0 bridgehead atoms. The van der Waals surface area contributed by atoms with Crippen molar-refractivity contribution < 1.29 is 19.2 Å². The summed E-state index contributed by atoms with van der Waals surface area (Å²) >= 11 is 5.17. The smallest absolute Gasteiger partial charge is 0.306 e. The maximum Gasteiger partial charge on any atom is 0.306 e. The van der Waals surface area contributed by atoms with Gasteiger partial charge in [-0.05, 0) is 69.0 Å². The van der Waals surface area contributed by atoms with Gasteiger partial charge in [-0.15, -0.1) is 0 Å². The van der Waals surface area contributed by atoms with Crippen molar-refractivity contribution in [3.8, 4) is 5.75 Å². The first-order valence-electron chi connectivity index (χ1n) is 14.4. The number of rotatable bonds is 11. The highest BCUT2D eigenvalue weighted by atomic mass is 35.5. The lowest BCUT2D eigenvalue weighted by Crippen LogP contribution is -2.42. The Balaban J connectivity index is 1.20. The molecule has 3 aromatic rings. The third-order valence-electron chi connectivity index (χ3n) is 8.04. The second-order valence-corrected chi connectivity index (χ2v) is 12.5. The third-order valence-corrected chi connectivity index (χ3v) is 8.83.